The van der Waals surface area contributed by atoms with Crippen molar-refractivity contribution >= 4 is 23.5 Å². The molecule has 0 fully saturated rings. The number of carboxylic acid groups (broad SMARTS) is 1. The fourth-order valence-corrected chi connectivity index (χ4v) is 1.69. The second-order valence-electron chi connectivity index (χ2n) is 4.14. The Hall–Kier alpha value is -1.55. The number of hydrogen-bond donors (Lipinski definition) is 2. The number of aliphatic carboxylic acids is 1. The number of carbonyl (C=O) groups excluding carboxylic acids is 1. The van der Waals surface area contributed by atoms with Gasteiger partial charge in [0.1, 0.15) is 0 Å². The Morgan fingerprint density at radius 3 is 2.61 bits per heavy atom. The van der Waals surface area contributed by atoms with Gasteiger partial charge in [0.05, 0.1) is 6.42 Å². The number of rotatable bonds is 5. The van der Waals surface area contributed by atoms with Gasteiger partial charge in [0.25, 0.3) is 5.91 Å². The number of carboxylic acids is 1. The van der Waals surface area contributed by atoms with Crippen molar-refractivity contribution < 1.29 is 14.7 Å². The summed E-state index contributed by atoms with van der Waals surface area (Å²) in [5, 5.41) is 11.9. The largest absolute Gasteiger partial charge is 0.481 e. The van der Waals surface area contributed by atoms with Crippen LogP contribution in [0.4, 0.5) is 0 Å². The molecule has 2 N–H and O–H groups in total. The quantitative estimate of drug-likeness (QED) is 0.863. The summed E-state index contributed by atoms with van der Waals surface area (Å²) in [5.41, 5.74) is 1.33. The van der Waals surface area contributed by atoms with Gasteiger partial charge in [-0.3, -0.25) is 9.59 Å². The third kappa shape index (κ3) is 4.04. The fourth-order valence-electron chi connectivity index (χ4n) is 1.51. The molecule has 1 unspecified atom stereocenters. The molecular weight excluding hydrogens is 254 g/mol. The van der Waals surface area contributed by atoms with E-state index >= 15 is 0 Å². The van der Waals surface area contributed by atoms with Gasteiger partial charge in [-0.2, -0.15) is 0 Å². The molecule has 1 amide bonds. The van der Waals surface area contributed by atoms with Crippen LogP contribution in [-0.4, -0.2) is 23.0 Å². The van der Waals surface area contributed by atoms with E-state index in [4.69, 9.17) is 16.7 Å². The Labute approximate surface area is 111 Å². The van der Waals surface area contributed by atoms with E-state index in [-0.39, 0.29) is 18.4 Å². The maximum absolute atomic E-state index is 11.9. The lowest BCUT2D eigenvalue weighted by atomic mass is 10.1. The Morgan fingerprint density at radius 2 is 2.11 bits per heavy atom. The Kier molecular flexibility index (Phi) is 5.16. The predicted molar refractivity (Wildman–Crippen MR) is 70.0 cm³/mol. The molecule has 0 bridgehead atoms. The number of aryl methyl sites for hydroxylation is 1. The van der Waals surface area contributed by atoms with E-state index < -0.39 is 5.97 Å². The molecule has 4 nitrogen and oxygen atoms in total. The molecule has 18 heavy (non-hydrogen) atoms. The molecule has 0 aliphatic heterocycles. The second kappa shape index (κ2) is 6.40. The Bertz CT molecular complexity index is 460. The maximum atomic E-state index is 11.9. The zero-order valence-corrected chi connectivity index (χ0v) is 11.1. The summed E-state index contributed by atoms with van der Waals surface area (Å²) in [4.78, 5) is 22.5. The monoisotopic (exact) mass is 269 g/mol. The average molecular weight is 270 g/mol. The van der Waals surface area contributed by atoms with Gasteiger partial charge < -0.3 is 10.4 Å². The van der Waals surface area contributed by atoms with E-state index in [1.807, 2.05) is 13.8 Å². The predicted octanol–water partition coefficient (Wildman–Crippen LogP) is 2.63. The van der Waals surface area contributed by atoms with E-state index in [1.165, 1.54) is 0 Å². The van der Waals surface area contributed by atoms with Crippen LogP contribution < -0.4 is 5.32 Å². The van der Waals surface area contributed by atoms with Crippen LogP contribution >= 0.6 is 11.6 Å². The summed E-state index contributed by atoms with van der Waals surface area (Å²) in [6, 6.07) is 4.65. The summed E-state index contributed by atoms with van der Waals surface area (Å²) in [6.45, 7) is 3.68. The lowest BCUT2D eigenvalue weighted by Gasteiger charge is -2.15. The molecule has 0 saturated heterocycles. The number of halogens is 1. The molecule has 0 heterocycles. The second-order valence-corrected chi connectivity index (χ2v) is 4.55. The van der Waals surface area contributed by atoms with Crippen LogP contribution in [0.5, 0.6) is 0 Å². The first-order valence-corrected chi connectivity index (χ1v) is 6.10. The fraction of sp³-hybridized carbons (Fsp3) is 0.385. The zero-order chi connectivity index (χ0) is 13.7. The minimum Gasteiger partial charge on any atom is -0.481 e. The third-order valence-electron chi connectivity index (χ3n) is 2.68. The van der Waals surface area contributed by atoms with Gasteiger partial charge in [-0.1, -0.05) is 24.6 Å². The highest BCUT2D eigenvalue weighted by Gasteiger charge is 2.15. The summed E-state index contributed by atoms with van der Waals surface area (Å²) in [7, 11) is 0. The van der Waals surface area contributed by atoms with Crippen LogP contribution in [0, 0.1) is 6.92 Å². The Balaban J connectivity index is 2.74. The van der Waals surface area contributed by atoms with Crippen molar-refractivity contribution in [1.29, 1.82) is 0 Å². The molecule has 0 aromatic heterocycles. The van der Waals surface area contributed by atoms with E-state index in [1.54, 1.807) is 18.2 Å². The van der Waals surface area contributed by atoms with Crippen molar-refractivity contribution in [3.8, 4) is 0 Å². The topological polar surface area (TPSA) is 66.4 Å². The molecular formula is C13H16ClNO3. The number of hydrogen-bond acceptors (Lipinski definition) is 2. The molecule has 0 spiro atoms. The van der Waals surface area contributed by atoms with Gasteiger partial charge in [0, 0.05) is 16.6 Å². The average Bonchev–Trinajstić information content (AvgIpc) is 2.31. The molecule has 1 rings (SSSR count). The Morgan fingerprint density at radius 1 is 1.44 bits per heavy atom. The van der Waals surface area contributed by atoms with E-state index in [9.17, 15) is 9.59 Å². The zero-order valence-electron chi connectivity index (χ0n) is 10.4. The summed E-state index contributed by atoms with van der Waals surface area (Å²) >= 11 is 5.94. The minimum absolute atomic E-state index is 0.0815. The van der Waals surface area contributed by atoms with E-state index in [0.29, 0.717) is 17.0 Å². The molecule has 1 aromatic rings. The van der Waals surface area contributed by atoms with Crippen LogP contribution in [-0.2, 0) is 4.79 Å². The van der Waals surface area contributed by atoms with Crippen molar-refractivity contribution in [2.45, 2.75) is 32.7 Å². The summed E-state index contributed by atoms with van der Waals surface area (Å²) in [6.07, 6.45) is 0.486. The molecule has 0 aliphatic carbocycles. The first kappa shape index (κ1) is 14.5. The van der Waals surface area contributed by atoms with Crippen molar-refractivity contribution in [2.75, 3.05) is 0 Å². The van der Waals surface area contributed by atoms with Gasteiger partial charge in [0.15, 0.2) is 0 Å². The highest BCUT2D eigenvalue weighted by molar-refractivity contribution is 6.31. The van der Waals surface area contributed by atoms with Gasteiger partial charge in [-0.15, -0.1) is 0 Å². The maximum Gasteiger partial charge on any atom is 0.305 e. The summed E-state index contributed by atoms with van der Waals surface area (Å²) in [5.74, 6) is -1.23. The number of carbonyl (C=O) groups is 2. The van der Waals surface area contributed by atoms with Crippen LogP contribution in [0.2, 0.25) is 5.02 Å². The highest BCUT2D eigenvalue weighted by Crippen LogP contribution is 2.16. The van der Waals surface area contributed by atoms with Crippen molar-refractivity contribution in [1.82, 2.24) is 5.32 Å². The highest BCUT2D eigenvalue weighted by atomic mass is 35.5. The van der Waals surface area contributed by atoms with Crippen LogP contribution in [0.25, 0.3) is 0 Å². The SMILES string of the molecule is CCC(CC(=O)O)NC(=O)c1ccc(C)c(Cl)c1. The van der Waals surface area contributed by atoms with Crippen LogP contribution in [0.15, 0.2) is 18.2 Å². The van der Waals surface area contributed by atoms with Gasteiger partial charge in [0.2, 0.25) is 0 Å². The molecule has 5 heteroatoms. The van der Waals surface area contributed by atoms with Crippen LogP contribution in [0.1, 0.15) is 35.7 Å². The molecule has 1 atom stereocenters. The molecule has 0 saturated carbocycles. The van der Waals surface area contributed by atoms with Gasteiger partial charge >= 0.3 is 5.97 Å². The smallest absolute Gasteiger partial charge is 0.305 e. The van der Waals surface area contributed by atoms with E-state index in [0.717, 1.165) is 5.56 Å². The normalized spacial score (nSPS) is 11.9. The number of nitrogens with one attached hydrogen (secondary N) is 1. The van der Waals surface area contributed by atoms with Crippen molar-refractivity contribution in [2.24, 2.45) is 0 Å². The molecule has 98 valence electrons. The minimum atomic E-state index is -0.927. The standard InChI is InChI=1S/C13H16ClNO3/c1-3-10(7-12(16)17)15-13(18)9-5-4-8(2)11(14)6-9/h4-6,10H,3,7H2,1-2H3,(H,15,18)(H,16,17). The summed E-state index contributed by atoms with van der Waals surface area (Å²) < 4.78 is 0. The third-order valence-corrected chi connectivity index (χ3v) is 3.09. The first-order chi connectivity index (χ1) is 8.43. The van der Waals surface area contributed by atoms with Gasteiger partial charge in [-0.05, 0) is 31.0 Å². The van der Waals surface area contributed by atoms with Crippen molar-refractivity contribution in [3.63, 3.8) is 0 Å². The van der Waals surface area contributed by atoms with Gasteiger partial charge in [-0.25, -0.2) is 0 Å². The first-order valence-electron chi connectivity index (χ1n) is 5.72. The number of amides is 1. The lowest BCUT2D eigenvalue weighted by Crippen LogP contribution is -2.36. The molecule has 0 radical (unpaired) electrons. The molecule has 0 aliphatic rings. The number of benzene rings is 1. The van der Waals surface area contributed by atoms with Crippen LogP contribution in [0.3, 0.4) is 0 Å². The molecule has 1 aromatic carbocycles. The van der Waals surface area contributed by atoms with Crippen molar-refractivity contribution in [3.05, 3.63) is 34.3 Å². The lowest BCUT2D eigenvalue weighted by molar-refractivity contribution is -0.137. The van der Waals surface area contributed by atoms with E-state index in [2.05, 4.69) is 5.32 Å².